The quantitative estimate of drug-likeness (QED) is 0.421. The van der Waals surface area contributed by atoms with Gasteiger partial charge in [0.05, 0.1) is 12.6 Å². The molecule has 0 aromatic heterocycles. The zero-order chi connectivity index (χ0) is 13.0. The number of fused-ring (bicyclic) bond motifs is 1. The first-order chi connectivity index (χ1) is 8.72. The van der Waals surface area contributed by atoms with Gasteiger partial charge < -0.3 is 15.5 Å². The van der Waals surface area contributed by atoms with Crippen LogP contribution in [0.25, 0.3) is 10.4 Å². The molecule has 18 heavy (non-hydrogen) atoms. The van der Waals surface area contributed by atoms with Crippen molar-refractivity contribution < 1.29 is 10.2 Å². The van der Waals surface area contributed by atoms with Crippen LogP contribution in [0.3, 0.4) is 0 Å². The molecular weight excluding hydrogens is 232 g/mol. The smallest absolute Gasteiger partial charge is 0.105 e. The highest BCUT2D eigenvalue weighted by Crippen LogP contribution is 2.22. The van der Waals surface area contributed by atoms with Gasteiger partial charge in [0.1, 0.15) is 6.10 Å². The summed E-state index contributed by atoms with van der Waals surface area (Å²) in [4.78, 5) is 2.57. The normalized spacial score (nSPS) is 17.4. The molecule has 1 aromatic rings. The molecule has 96 valence electrons. The van der Waals surface area contributed by atoms with Gasteiger partial charge in [-0.05, 0) is 35.2 Å². The van der Waals surface area contributed by atoms with Crippen LogP contribution in [0.1, 0.15) is 22.8 Å². The van der Waals surface area contributed by atoms with E-state index in [0.29, 0.717) is 5.56 Å². The lowest BCUT2D eigenvalue weighted by atomic mass is 9.95. The second-order valence-corrected chi connectivity index (χ2v) is 4.38. The van der Waals surface area contributed by atoms with E-state index in [4.69, 9.17) is 5.53 Å². The van der Waals surface area contributed by atoms with Crippen LogP contribution in [0.2, 0.25) is 0 Å². The molecule has 1 aromatic carbocycles. The van der Waals surface area contributed by atoms with Crippen molar-refractivity contribution in [2.75, 3.05) is 13.1 Å². The van der Waals surface area contributed by atoms with E-state index in [1.54, 1.807) is 0 Å². The molecule has 2 unspecified atom stereocenters. The third kappa shape index (κ3) is 2.80. The lowest BCUT2D eigenvalue weighted by Crippen LogP contribution is -2.25. The summed E-state index contributed by atoms with van der Waals surface area (Å²) in [6.07, 6.45) is -1.12. The largest absolute Gasteiger partial charge is 0.390 e. The Balaban J connectivity index is 2.15. The van der Waals surface area contributed by atoms with E-state index in [1.807, 2.05) is 18.2 Å². The second kappa shape index (κ2) is 5.84. The topological polar surface area (TPSA) is 101 Å². The molecule has 6 nitrogen and oxygen atoms in total. The Labute approximate surface area is 105 Å². The van der Waals surface area contributed by atoms with Crippen LogP contribution in [0.4, 0.5) is 0 Å². The van der Waals surface area contributed by atoms with Crippen molar-refractivity contribution in [2.24, 2.45) is 5.11 Å². The van der Waals surface area contributed by atoms with Crippen molar-refractivity contribution >= 4 is 0 Å². The molecule has 0 radical (unpaired) electrons. The molecule has 1 aliphatic heterocycles. The molecule has 0 amide bonds. The van der Waals surface area contributed by atoms with Gasteiger partial charge in [0.25, 0.3) is 0 Å². The van der Waals surface area contributed by atoms with Gasteiger partial charge in [-0.2, -0.15) is 0 Å². The van der Waals surface area contributed by atoms with E-state index in [0.717, 1.165) is 25.1 Å². The van der Waals surface area contributed by atoms with Crippen LogP contribution in [0, 0.1) is 0 Å². The Kier molecular flexibility index (Phi) is 4.17. The molecule has 2 atom stereocenters. The number of azide groups is 1. The molecule has 0 spiro atoms. The summed E-state index contributed by atoms with van der Waals surface area (Å²) in [5, 5.41) is 26.2. The number of nitrogens with one attached hydrogen (secondary N) is 1. The van der Waals surface area contributed by atoms with Gasteiger partial charge in [0, 0.05) is 11.5 Å². The van der Waals surface area contributed by atoms with Gasteiger partial charge in [-0.1, -0.05) is 23.3 Å². The lowest BCUT2D eigenvalue weighted by molar-refractivity contribution is 0.0243. The molecular formula is C12H16N4O2. The van der Waals surface area contributed by atoms with Crippen LogP contribution < -0.4 is 5.32 Å². The zero-order valence-corrected chi connectivity index (χ0v) is 9.95. The Bertz CT molecular complexity index is 471. The fourth-order valence-corrected chi connectivity index (χ4v) is 2.13. The summed E-state index contributed by atoms with van der Waals surface area (Å²) in [6, 6.07) is 5.69. The van der Waals surface area contributed by atoms with Crippen molar-refractivity contribution in [3.05, 3.63) is 45.3 Å². The SMILES string of the molecule is [N-]=[N+]=NCC(O)C(O)c1ccc2c(c1)CNCC2. The zero-order valence-electron chi connectivity index (χ0n) is 9.95. The first-order valence-electron chi connectivity index (χ1n) is 5.92. The molecule has 0 saturated carbocycles. The first kappa shape index (κ1) is 12.9. The first-order valence-corrected chi connectivity index (χ1v) is 5.92. The predicted octanol–water partition coefficient (Wildman–Crippen LogP) is 1.04. The van der Waals surface area contributed by atoms with E-state index in [9.17, 15) is 10.2 Å². The number of benzene rings is 1. The van der Waals surface area contributed by atoms with Gasteiger partial charge >= 0.3 is 0 Å². The molecule has 2 rings (SSSR count). The minimum absolute atomic E-state index is 0.132. The molecule has 1 heterocycles. The number of aliphatic hydroxyl groups is 2. The van der Waals surface area contributed by atoms with Crippen molar-refractivity contribution in [2.45, 2.75) is 25.2 Å². The average Bonchev–Trinajstić information content (AvgIpc) is 2.43. The van der Waals surface area contributed by atoms with Crippen molar-refractivity contribution in [3.63, 3.8) is 0 Å². The van der Waals surface area contributed by atoms with Gasteiger partial charge in [-0.3, -0.25) is 0 Å². The Hall–Kier alpha value is -1.59. The molecule has 6 heteroatoms. The molecule has 0 bridgehead atoms. The molecule has 0 fully saturated rings. The maximum Gasteiger partial charge on any atom is 0.105 e. The van der Waals surface area contributed by atoms with E-state index in [1.165, 1.54) is 5.56 Å². The van der Waals surface area contributed by atoms with E-state index in [-0.39, 0.29) is 6.54 Å². The molecule has 0 saturated heterocycles. The highest BCUT2D eigenvalue weighted by atomic mass is 16.3. The maximum absolute atomic E-state index is 9.96. The number of aliphatic hydroxyl groups excluding tert-OH is 2. The van der Waals surface area contributed by atoms with Crippen LogP contribution in [-0.2, 0) is 13.0 Å². The van der Waals surface area contributed by atoms with Crippen LogP contribution >= 0.6 is 0 Å². The van der Waals surface area contributed by atoms with Gasteiger partial charge in [-0.15, -0.1) is 0 Å². The fourth-order valence-electron chi connectivity index (χ4n) is 2.13. The van der Waals surface area contributed by atoms with Crippen LogP contribution in [0.15, 0.2) is 23.3 Å². The Morgan fingerprint density at radius 3 is 3.00 bits per heavy atom. The minimum Gasteiger partial charge on any atom is -0.390 e. The Morgan fingerprint density at radius 2 is 2.22 bits per heavy atom. The summed E-state index contributed by atoms with van der Waals surface area (Å²) >= 11 is 0. The Morgan fingerprint density at radius 1 is 1.39 bits per heavy atom. The fraction of sp³-hybridized carbons (Fsp3) is 0.500. The molecule has 1 aliphatic rings. The molecule has 0 aliphatic carbocycles. The summed E-state index contributed by atoms with van der Waals surface area (Å²) in [6.45, 7) is 1.61. The standard InChI is InChI=1S/C12H16N4O2/c13-16-15-7-11(17)12(18)9-2-1-8-3-4-14-6-10(8)5-9/h1-2,5,11-12,14,17-18H,3-4,6-7H2. The minimum atomic E-state index is -1.07. The predicted molar refractivity (Wildman–Crippen MR) is 66.8 cm³/mol. The van der Waals surface area contributed by atoms with Crippen molar-refractivity contribution in [3.8, 4) is 0 Å². The number of hydrogen-bond acceptors (Lipinski definition) is 4. The maximum atomic E-state index is 9.96. The second-order valence-electron chi connectivity index (χ2n) is 4.38. The van der Waals surface area contributed by atoms with E-state index < -0.39 is 12.2 Å². The van der Waals surface area contributed by atoms with Crippen LogP contribution in [0.5, 0.6) is 0 Å². The van der Waals surface area contributed by atoms with Crippen molar-refractivity contribution in [1.82, 2.24) is 5.32 Å². The summed E-state index contributed by atoms with van der Waals surface area (Å²) in [5.74, 6) is 0. The highest BCUT2D eigenvalue weighted by molar-refractivity contribution is 5.35. The highest BCUT2D eigenvalue weighted by Gasteiger charge is 2.19. The average molecular weight is 248 g/mol. The number of rotatable bonds is 4. The summed E-state index contributed by atoms with van der Waals surface area (Å²) in [5.41, 5.74) is 11.3. The van der Waals surface area contributed by atoms with Gasteiger partial charge in [-0.25, -0.2) is 0 Å². The summed E-state index contributed by atoms with van der Waals surface area (Å²) in [7, 11) is 0. The molecule has 3 N–H and O–H groups in total. The van der Waals surface area contributed by atoms with Crippen LogP contribution in [-0.4, -0.2) is 29.4 Å². The van der Waals surface area contributed by atoms with Gasteiger partial charge in [0.15, 0.2) is 0 Å². The lowest BCUT2D eigenvalue weighted by Gasteiger charge is -2.21. The number of nitrogens with zero attached hydrogens (tertiary/aromatic N) is 3. The monoisotopic (exact) mass is 248 g/mol. The van der Waals surface area contributed by atoms with E-state index >= 15 is 0 Å². The summed E-state index contributed by atoms with van der Waals surface area (Å²) < 4.78 is 0. The van der Waals surface area contributed by atoms with Crippen molar-refractivity contribution in [1.29, 1.82) is 0 Å². The number of hydrogen-bond donors (Lipinski definition) is 3. The third-order valence-corrected chi connectivity index (χ3v) is 3.15. The van der Waals surface area contributed by atoms with Gasteiger partial charge in [0.2, 0.25) is 0 Å². The van der Waals surface area contributed by atoms with E-state index in [2.05, 4.69) is 15.3 Å². The third-order valence-electron chi connectivity index (χ3n) is 3.15.